The Morgan fingerprint density at radius 2 is 1.00 bits per heavy atom. The van der Waals surface area contributed by atoms with Crippen LogP contribution in [0.25, 0.3) is 55.3 Å². The molecular formula is C35H24. The first-order valence-corrected chi connectivity index (χ1v) is 12.2. The molecule has 0 unspecified atom stereocenters. The zero-order valence-electron chi connectivity index (χ0n) is 19.4. The number of fused-ring (bicyclic) bond motifs is 4. The maximum absolute atomic E-state index is 2.32. The number of rotatable bonds is 3. The first-order valence-electron chi connectivity index (χ1n) is 12.2. The average molecular weight is 445 g/mol. The van der Waals surface area contributed by atoms with Gasteiger partial charge in [-0.05, 0) is 72.8 Å². The third-order valence-electron chi connectivity index (χ3n) is 7.35. The van der Waals surface area contributed by atoms with Crippen LogP contribution in [0, 0.1) is 0 Å². The van der Waals surface area contributed by atoms with Crippen molar-refractivity contribution < 1.29 is 0 Å². The SMILES string of the molecule is c1ccc(-c2ccc(-c3c(-c4cccc5c4Cc4ccccc4-5)ccc4ccccc34)cc2)cc1. The number of hydrogen-bond acceptors (Lipinski definition) is 0. The van der Waals surface area contributed by atoms with Crippen molar-refractivity contribution in [1.29, 1.82) is 0 Å². The van der Waals surface area contributed by atoms with Crippen LogP contribution in [0.3, 0.4) is 0 Å². The molecule has 1 aliphatic rings. The van der Waals surface area contributed by atoms with Crippen molar-refractivity contribution in [3.63, 3.8) is 0 Å². The molecule has 0 radical (unpaired) electrons. The molecule has 0 heterocycles. The molecule has 0 saturated carbocycles. The summed E-state index contributed by atoms with van der Waals surface area (Å²) in [6.07, 6.45) is 0.987. The summed E-state index contributed by atoms with van der Waals surface area (Å²) in [5, 5.41) is 2.57. The normalized spacial score (nSPS) is 11.9. The van der Waals surface area contributed by atoms with Crippen molar-refractivity contribution in [1.82, 2.24) is 0 Å². The molecule has 0 heteroatoms. The van der Waals surface area contributed by atoms with Crippen LogP contribution in [0.5, 0.6) is 0 Å². The number of benzene rings is 6. The zero-order chi connectivity index (χ0) is 23.2. The molecule has 6 aromatic carbocycles. The zero-order valence-corrected chi connectivity index (χ0v) is 19.4. The van der Waals surface area contributed by atoms with Crippen molar-refractivity contribution >= 4 is 10.8 Å². The summed E-state index contributed by atoms with van der Waals surface area (Å²) in [7, 11) is 0. The van der Waals surface area contributed by atoms with Crippen LogP contribution < -0.4 is 0 Å². The summed E-state index contributed by atoms with van der Waals surface area (Å²) in [5.41, 5.74) is 13.3. The van der Waals surface area contributed by atoms with E-state index in [1.54, 1.807) is 0 Å². The first kappa shape index (κ1) is 20.0. The van der Waals surface area contributed by atoms with E-state index in [0.717, 1.165) is 6.42 Å². The van der Waals surface area contributed by atoms with Gasteiger partial charge in [0.1, 0.15) is 0 Å². The van der Waals surface area contributed by atoms with Gasteiger partial charge in [0.05, 0.1) is 0 Å². The second-order valence-corrected chi connectivity index (χ2v) is 9.32. The maximum Gasteiger partial charge on any atom is -0.000728 e. The standard InChI is InChI=1S/C35H24/c1-2-9-24(10-3-1)25-17-19-27(20-18-25)35-30-14-7-4-11-26(30)21-22-33(35)32-16-8-15-31-29-13-6-5-12-28(29)23-34(31)32/h1-22H,23H2. The van der Waals surface area contributed by atoms with Gasteiger partial charge in [-0.15, -0.1) is 0 Å². The Labute approximate surface area is 206 Å². The summed E-state index contributed by atoms with van der Waals surface area (Å²) in [4.78, 5) is 0. The molecule has 1 aliphatic carbocycles. The highest BCUT2D eigenvalue weighted by atomic mass is 14.3. The van der Waals surface area contributed by atoms with E-state index in [1.165, 1.54) is 66.4 Å². The van der Waals surface area contributed by atoms with Crippen molar-refractivity contribution in [2.45, 2.75) is 6.42 Å². The van der Waals surface area contributed by atoms with Gasteiger partial charge < -0.3 is 0 Å². The van der Waals surface area contributed by atoms with E-state index in [1.807, 2.05) is 0 Å². The molecule has 0 N–H and O–H groups in total. The van der Waals surface area contributed by atoms with Crippen LogP contribution in [0.2, 0.25) is 0 Å². The summed E-state index contributed by atoms with van der Waals surface area (Å²) >= 11 is 0. The van der Waals surface area contributed by atoms with Gasteiger partial charge >= 0.3 is 0 Å². The lowest BCUT2D eigenvalue weighted by Crippen LogP contribution is -1.93. The van der Waals surface area contributed by atoms with E-state index in [4.69, 9.17) is 0 Å². The van der Waals surface area contributed by atoms with Crippen LogP contribution in [0.15, 0.2) is 133 Å². The van der Waals surface area contributed by atoms with Gasteiger partial charge in [0.15, 0.2) is 0 Å². The lowest BCUT2D eigenvalue weighted by atomic mass is 9.86. The van der Waals surface area contributed by atoms with Crippen LogP contribution in [-0.2, 0) is 6.42 Å². The van der Waals surface area contributed by atoms with Gasteiger partial charge in [0.25, 0.3) is 0 Å². The second-order valence-electron chi connectivity index (χ2n) is 9.32. The Balaban J connectivity index is 1.44. The average Bonchev–Trinajstić information content (AvgIpc) is 3.32. The Morgan fingerprint density at radius 3 is 1.86 bits per heavy atom. The minimum Gasteiger partial charge on any atom is -0.0622 e. The van der Waals surface area contributed by atoms with Crippen LogP contribution in [0.4, 0.5) is 0 Å². The van der Waals surface area contributed by atoms with Gasteiger partial charge in [-0.1, -0.05) is 133 Å². The molecule has 0 nitrogen and oxygen atoms in total. The lowest BCUT2D eigenvalue weighted by Gasteiger charge is -2.17. The molecule has 0 amide bonds. The van der Waals surface area contributed by atoms with Crippen molar-refractivity contribution in [2.24, 2.45) is 0 Å². The minimum absolute atomic E-state index is 0.987. The van der Waals surface area contributed by atoms with Gasteiger partial charge in [-0.2, -0.15) is 0 Å². The summed E-state index contributed by atoms with van der Waals surface area (Å²) < 4.78 is 0. The van der Waals surface area contributed by atoms with Gasteiger partial charge in [-0.3, -0.25) is 0 Å². The molecule has 7 rings (SSSR count). The highest BCUT2D eigenvalue weighted by Crippen LogP contribution is 2.45. The fraction of sp³-hybridized carbons (Fsp3) is 0.0286. The van der Waals surface area contributed by atoms with E-state index < -0.39 is 0 Å². The Kier molecular flexibility index (Phi) is 4.63. The predicted octanol–water partition coefficient (Wildman–Crippen LogP) is 9.41. The molecule has 0 bridgehead atoms. The summed E-state index contributed by atoms with van der Waals surface area (Å²) in [5.74, 6) is 0. The summed E-state index contributed by atoms with van der Waals surface area (Å²) in [6.45, 7) is 0. The second kappa shape index (κ2) is 8.11. The monoisotopic (exact) mass is 444 g/mol. The summed E-state index contributed by atoms with van der Waals surface area (Å²) in [6, 6.07) is 48.6. The maximum atomic E-state index is 2.32. The van der Waals surface area contributed by atoms with E-state index in [0.29, 0.717) is 0 Å². The van der Waals surface area contributed by atoms with Gasteiger partial charge in [0, 0.05) is 0 Å². The van der Waals surface area contributed by atoms with E-state index in [9.17, 15) is 0 Å². The smallest absolute Gasteiger partial charge is 0.000728 e. The minimum atomic E-state index is 0.987. The topological polar surface area (TPSA) is 0 Å². The largest absolute Gasteiger partial charge is 0.0622 e. The molecule has 164 valence electrons. The predicted molar refractivity (Wildman–Crippen MR) is 148 cm³/mol. The molecule has 0 atom stereocenters. The highest BCUT2D eigenvalue weighted by Gasteiger charge is 2.23. The first-order chi connectivity index (χ1) is 17.4. The quantitative estimate of drug-likeness (QED) is 0.255. The van der Waals surface area contributed by atoms with Crippen LogP contribution in [0.1, 0.15) is 11.1 Å². The third kappa shape index (κ3) is 3.30. The fourth-order valence-electron chi connectivity index (χ4n) is 5.68. The van der Waals surface area contributed by atoms with Crippen LogP contribution in [-0.4, -0.2) is 0 Å². The Bertz CT molecular complexity index is 1690. The van der Waals surface area contributed by atoms with E-state index in [-0.39, 0.29) is 0 Å². The molecule has 0 fully saturated rings. The fourth-order valence-corrected chi connectivity index (χ4v) is 5.68. The van der Waals surface area contributed by atoms with Gasteiger partial charge in [0.2, 0.25) is 0 Å². The molecule has 0 aliphatic heterocycles. The molecule has 0 saturated heterocycles. The molecule has 0 spiro atoms. The molecule has 35 heavy (non-hydrogen) atoms. The molecular weight excluding hydrogens is 420 g/mol. The molecule has 0 aromatic heterocycles. The molecule has 6 aromatic rings. The van der Waals surface area contributed by atoms with Crippen molar-refractivity contribution in [3.05, 3.63) is 145 Å². The lowest BCUT2D eigenvalue weighted by molar-refractivity contribution is 1.26. The Morgan fingerprint density at radius 1 is 0.371 bits per heavy atom. The van der Waals surface area contributed by atoms with Crippen molar-refractivity contribution in [3.8, 4) is 44.5 Å². The van der Waals surface area contributed by atoms with Crippen LogP contribution >= 0.6 is 0 Å². The number of hydrogen-bond donors (Lipinski definition) is 0. The van der Waals surface area contributed by atoms with Crippen molar-refractivity contribution in [2.75, 3.05) is 0 Å². The van der Waals surface area contributed by atoms with E-state index in [2.05, 4.69) is 133 Å². The van der Waals surface area contributed by atoms with E-state index >= 15 is 0 Å². The Hall–Kier alpha value is -4.42. The third-order valence-corrected chi connectivity index (χ3v) is 7.35. The highest BCUT2D eigenvalue weighted by molar-refractivity contribution is 6.05. The van der Waals surface area contributed by atoms with Gasteiger partial charge in [-0.25, -0.2) is 0 Å².